The van der Waals surface area contributed by atoms with Gasteiger partial charge in [0.1, 0.15) is 0 Å². The Balaban J connectivity index is 1.56. The van der Waals surface area contributed by atoms with Gasteiger partial charge in [-0.05, 0) is 37.8 Å². The molecule has 0 bridgehead atoms. The molecule has 7 heteroatoms. The number of amides is 2. The molecule has 0 unspecified atom stereocenters. The number of aromatic nitrogens is 2. The molecule has 1 N–H and O–H groups in total. The van der Waals surface area contributed by atoms with E-state index in [0.29, 0.717) is 36.8 Å². The normalized spacial score (nSPS) is 26.5. The SMILES string of the molecule is Cc1noc([C@]23C[C@H](NC(=O)c4ccccc4)C[C@H]2CN(C(=O)C(C)C)C3)n1. The van der Waals surface area contributed by atoms with Crippen molar-refractivity contribution in [3.8, 4) is 0 Å². The van der Waals surface area contributed by atoms with E-state index in [2.05, 4.69) is 15.5 Å². The Hall–Kier alpha value is -2.70. The number of likely N-dealkylation sites (tertiary alicyclic amines) is 1. The van der Waals surface area contributed by atoms with E-state index < -0.39 is 0 Å². The summed E-state index contributed by atoms with van der Waals surface area (Å²) >= 11 is 0. The maximum Gasteiger partial charge on any atom is 0.251 e. The van der Waals surface area contributed by atoms with Gasteiger partial charge in [-0.25, -0.2) is 0 Å². The van der Waals surface area contributed by atoms with Gasteiger partial charge in [0, 0.05) is 30.6 Å². The number of rotatable bonds is 4. The molecule has 3 atom stereocenters. The lowest BCUT2D eigenvalue weighted by Crippen LogP contribution is -2.40. The molecule has 2 amide bonds. The van der Waals surface area contributed by atoms with E-state index in [1.165, 1.54) is 0 Å². The zero-order chi connectivity index (χ0) is 19.9. The molecule has 0 radical (unpaired) electrons. The zero-order valence-electron chi connectivity index (χ0n) is 16.5. The Bertz CT molecular complexity index is 879. The summed E-state index contributed by atoms with van der Waals surface area (Å²) in [4.78, 5) is 31.6. The molecule has 1 saturated carbocycles. The Morgan fingerprint density at radius 2 is 2.04 bits per heavy atom. The number of carbonyl (C=O) groups excluding carboxylic acids is 2. The summed E-state index contributed by atoms with van der Waals surface area (Å²) in [7, 11) is 0. The lowest BCUT2D eigenvalue weighted by molar-refractivity contribution is -0.133. The van der Waals surface area contributed by atoms with E-state index in [1.54, 1.807) is 6.92 Å². The van der Waals surface area contributed by atoms with E-state index in [4.69, 9.17) is 4.52 Å². The van der Waals surface area contributed by atoms with Crippen LogP contribution in [0.3, 0.4) is 0 Å². The molecule has 1 aromatic carbocycles. The number of fused-ring (bicyclic) bond motifs is 1. The number of nitrogens with zero attached hydrogens (tertiary/aromatic N) is 3. The molecular formula is C21H26N4O3. The fourth-order valence-corrected chi connectivity index (χ4v) is 4.70. The van der Waals surface area contributed by atoms with Gasteiger partial charge in [-0.15, -0.1) is 0 Å². The van der Waals surface area contributed by atoms with Crippen LogP contribution in [0, 0.1) is 18.8 Å². The number of benzene rings is 1. The third-order valence-electron chi connectivity index (χ3n) is 6.01. The zero-order valence-corrected chi connectivity index (χ0v) is 16.5. The Labute approximate surface area is 164 Å². The fraction of sp³-hybridized carbons (Fsp3) is 0.524. The third kappa shape index (κ3) is 3.19. The van der Waals surface area contributed by atoms with Crippen LogP contribution in [0.25, 0.3) is 0 Å². The van der Waals surface area contributed by atoms with Crippen molar-refractivity contribution >= 4 is 11.8 Å². The van der Waals surface area contributed by atoms with Gasteiger partial charge >= 0.3 is 0 Å². The molecule has 2 fully saturated rings. The smallest absolute Gasteiger partial charge is 0.251 e. The van der Waals surface area contributed by atoms with Crippen molar-refractivity contribution < 1.29 is 14.1 Å². The number of hydrogen-bond acceptors (Lipinski definition) is 5. The molecule has 1 aliphatic carbocycles. The molecule has 2 aliphatic rings. The van der Waals surface area contributed by atoms with Crippen LogP contribution in [0.1, 0.15) is 48.8 Å². The lowest BCUT2D eigenvalue weighted by Gasteiger charge is -2.26. The first-order valence-electron chi connectivity index (χ1n) is 9.84. The monoisotopic (exact) mass is 382 g/mol. The maximum absolute atomic E-state index is 12.6. The second-order valence-electron chi connectivity index (χ2n) is 8.35. The standard InChI is InChI=1S/C21H26N4O3/c1-13(2)19(27)25-11-16-9-17(23-18(26)15-7-5-4-6-8-15)10-21(16,12-25)20-22-14(3)24-28-20/h4-8,13,16-17H,9-12H2,1-3H3,(H,23,26)/t16-,17+,21-/m0/s1. The number of carbonyl (C=O) groups is 2. The Morgan fingerprint density at radius 1 is 1.29 bits per heavy atom. The topological polar surface area (TPSA) is 88.3 Å². The van der Waals surface area contributed by atoms with Gasteiger partial charge in [0.25, 0.3) is 5.91 Å². The molecule has 0 spiro atoms. The van der Waals surface area contributed by atoms with Gasteiger partial charge in [0.2, 0.25) is 11.8 Å². The fourth-order valence-electron chi connectivity index (χ4n) is 4.70. The van der Waals surface area contributed by atoms with E-state index in [9.17, 15) is 9.59 Å². The van der Waals surface area contributed by atoms with Gasteiger partial charge in [0.15, 0.2) is 5.82 Å². The van der Waals surface area contributed by atoms with Crippen LogP contribution in [0.2, 0.25) is 0 Å². The minimum atomic E-state index is -0.388. The molecule has 1 aliphatic heterocycles. The highest BCUT2D eigenvalue weighted by atomic mass is 16.5. The van der Waals surface area contributed by atoms with Crippen LogP contribution in [0.15, 0.2) is 34.9 Å². The third-order valence-corrected chi connectivity index (χ3v) is 6.01. The summed E-state index contributed by atoms with van der Waals surface area (Å²) in [5.41, 5.74) is 0.263. The van der Waals surface area contributed by atoms with Crippen molar-refractivity contribution in [2.24, 2.45) is 11.8 Å². The molecule has 4 rings (SSSR count). The summed E-state index contributed by atoms with van der Waals surface area (Å²) in [5, 5.41) is 7.14. The van der Waals surface area contributed by atoms with Crippen molar-refractivity contribution in [1.29, 1.82) is 0 Å². The average molecular weight is 382 g/mol. The van der Waals surface area contributed by atoms with Crippen LogP contribution in [-0.2, 0) is 10.2 Å². The summed E-state index contributed by atoms with van der Waals surface area (Å²) < 4.78 is 5.57. The highest BCUT2D eigenvalue weighted by Gasteiger charge is 2.58. The van der Waals surface area contributed by atoms with Gasteiger partial charge in [0.05, 0.1) is 5.41 Å². The van der Waals surface area contributed by atoms with Crippen LogP contribution in [-0.4, -0.2) is 46.0 Å². The van der Waals surface area contributed by atoms with Gasteiger partial charge < -0.3 is 14.7 Å². The van der Waals surface area contributed by atoms with E-state index in [0.717, 1.165) is 6.42 Å². The molecule has 1 saturated heterocycles. The highest BCUT2D eigenvalue weighted by molar-refractivity contribution is 5.94. The summed E-state index contributed by atoms with van der Waals surface area (Å²) in [6, 6.07) is 9.24. The number of hydrogen-bond donors (Lipinski definition) is 1. The van der Waals surface area contributed by atoms with Crippen LogP contribution in [0.5, 0.6) is 0 Å². The molecule has 2 heterocycles. The average Bonchev–Trinajstić information content (AvgIpc) is 3.34. The number of aryl methyl sites for hydroxylation is 1. The van der Waals surface area contributed by atoms with Crippen molar-refractivity contribution in [3.05, 3.63) is 47.6 Å². The van der Waals surface area contributed by atoms with Crippen molar-refractivity contribution in [2.75, 3.05) is 13.1 Å². The summed E-state index contributed by atoms with van der Waals surface area (Å²) in [6.45, 7) is 6.87. The molecule has 7 nitrogen and oxygen atoms in total. The molecule has 28 heavy (non-hydrogen) atoms. The van der Waals surface area contributed by atoms with Crippen molar-refractivity contribution in [1.82, 2.24) is 20.4 Å². The van der Waals surface area contributed by atoms with E-state index in [1.807, 2.05) is 49.1 Å². The first kappa shape index (κ1) is 18.7. The van der Waals surface area contributed by atoms with Crippen LogP contribution in [0.4, 0.5) is 0 Å². The van der Waals surface area contributed by atoms with E-state index >= 15 is 0 Å². The van der Waals surface area contributed by atoms with Gasteiger partial charge in [-0.3, -0.25) is 9.59 Å². The van der Waals surface area contributed by atoms with Crippen molar-refractivity contribution in [2.45, 2.75) is 45.1 Å². The van der Waals surface area contributed by atoms with E-state index in [-0.39, 0.29) is 35.1 Å². The lowest BCUT2D eigenvalue weighted by atomic mass is 9.80. The molecule has 148 valence electrons. The maximum atomic E-state index is 12.6. The molecular weight excluding hydrogens is 356 g/mol. The van der Waals surface area contributed by atoms with Crippen molar-refractivity contribution in [3.63, 3.8) is 0 Å². The predicted octanol–water partition coefficient (Wildman–Crippen LogP) is 2.32. The quantitative estimate of drug-likeness (QED) is 0.877. The number of nitrogens with one attached hydrogen (secondary N) is 1. The van der Waals surface area contributed by atoms with Crippen LogP contribution < -0.4 is 5.32 Å². The highest BCUT2D eigenvalue weighted by Crippen LogP contribution is 2.50. The largest absolute Gasteiger partial charge is 0.349 e. The minimum absolute atomic E-state index is 0.0150. The van der Waals surface area contributed by atoms with Gasteiger partial charge in [-0.1, -0.05) is 37.2 Å². The Morgan fingerprint density at radius 3 is 2.68 bits per heavy atom. The van der Waals surface area contributed by atoms with Crippen LogP contribution >= 0.6 is 0 Å². The molecule has 1 aromatic heterocycles. The Kier molecular flexibility index (Phi) is 4.69. The molecule has 2 aromatic rings. The van der Waals surface area contributed by atoms with Gasteiger partial charge in [-0.2, -0.15) is 4.98 Å². The second-order valence-corrected chi connectivity index (χ2v) is 8.35. The first-order chi connectivity index (χ1) is 13.4. The minimum Gasteiger partial charge on any atom is -0.349 e. The summed E-state index contributed by atoms with van der Waals surface area (Å²) in [5.74, 6) is 1.40. The second kappa shape index (κ2) is 7.04. The summed E-state index contributed by atoms with van der Waals surface area (Å²) in [6.07, 6.45) is 1.49. The first-order valence-corrected chi connectivity index (χ1v) is 9.84. The predicted molar refractivity (Wildman–Crippen MR) is 103 cm³/mol.